The predicted octanol–water partition coefficient (Wildman–Crippen LogP) is 5.93. The molecule has 43 heavy (non-hydrogen) atoms. The highest BCUT2D eigenvalue weighted by atomic mass is 32.2. The first-order chi connectivity index (χ1) is 20.7. The van der Waals surface area contributed by atoms with Gasteiger partial charge in [-0.15, -0.1) is 0 Å². The summed E-state index contributed by atoms with van der Waals surface area (Å²) in [5, 5.41) is 2.85. The highest BCUT2D eigenvalue weighted by molar-refractivity contribution is 7.92. The maximum absolute atomic E-state index is 14.0. The fourth-order valence-corrected chi connectivity index (χ4v) is 5.84. The molecular formula is C34H37N3O5S. The maximum atomic E-state index is 14.0. The molecule has 0 aromatic heterocycles. The van der Waals surface area contributed by atoms with Crippen molar-refractivity contribution in [1.29, 1.82) is 0 Å². The number of aryl methyl sites for hydroxylation is 1. The lowest BCUT2D eigenvalue weighted by atomic mass is 10.1. The van der Waals surface area contributed by atoms with Gasteiger partial charge >= 0.3 is 0 Å². The van der Waals surface area contributed by atoms with Crippen LogP contribution >= 0.6 is 0 Å². The molecule has 8 nitrogen and oxygen atoms in total. The van der Waals surface area contributed by atoms with Gasteiger partial charge in [-0.1, -0.05) is 73.2 Å². The van der Waals surface area contributed by atoms with Crippen LogP contribution in [-0.2, 0) is 26.2 Å². The Balaban J connectivity index is 1.68. The molecule has 4 rings (SSSR count). The summed E-state index contributed by atoms with van der Waals surface area (Å²) < 4.78 is 35.0. The van der Waals surface area contributed by atoms with E-state index in [9.17, 15) is 18.0 Å². The molecule has 2 amide bonds. The number of sulfonamides is 1. The minimum Gasteiger partial charge on any atom is -0.457 e. The summed E-state index contributed by atoms with van der Waals surface area (Å²) in [4.78, 5) is 28.5. The highest BCUT2D eigenvalue weighted by Gasteiger charge is 2.32. The molecular weight excluding hydrogens is 562 g/mol. The predicted molar refractivity (Wildman–Crippen MR) is 168 cm³/mol. The van der Waals surface area contributed by atoms with Crippen molar-refractivity contribution in [3.8, 4) is 11.5 Å². The number of rotatable bonds is 13. The molecule has 4 aromatic carbocycles. The van der Waals surface area contributed by atoms with Gasteiger partial charge in [-0.2, -0.15) is 0 Å². The van der Waals surface area contributed by atoms with Crippen molar-refractivity contribution < 1.29 is 22.7 Å². The van der Waals surface area contributed by atoms with Crippen LogP contribution in [0.5, 0.6) is 11.5 Å². The second kappa shape index (κ2) is 14.5. The number of anilines is 1. The van der Waals surface area contributed by atoms with Gasteiger partial charge in [0, 0.05) is 13.1 Å². The smallest absolute Gasteiger partial charge is 0.264 e. The average molecular weight is 600 g/mol. The number of amides is 2. The summed E-state index contributed by atoms with van der Waals surface area (Å²) in [6.07, 6.45) is 0.748. The van der Waals surface area contributed by atoms with Crippen molar-refractivity contribution in [1.82, 2.24) is 10.2 Å². The number of nitrogens with one attached hydrogen (secondary N) is 1. The fourth-order valence-electron chi connectivity index (χ4n) is 4.43. The SMILES string of the molecule is CCCNC(=O)C(C)N(Cc1ccccc1)C(=O)CN(c1ccc(Oc2ccccc2)cc1)S(=O)(=O)c1ccc(C)cc1. The van der Waals surface area contributed by atoms with Crippen LogP contribution in [0.4, 0.5) is 5.69 Å². The van der Waals surface area contributed by atoms with Crippen LogP contribution in [0.1, 0.15) is 31.4 Å². The van der Waals surface area contributed by atoms with Crippen molar-refractivity contribution in [2.45, 2.75) is 44.7 Å². The first kappa shape index (κ1) is 31.3. The van der Waals surface area contributed by atoms with E-state index in [4.69, 9.17) is 4.74 Å². The zero-order valence-corrected chi connectivity index (χ0v) is 25.5. The normalized spacial score (nSPS) is 11.8. The Kier molecular flexibility index (Phi) is 10.6. The number of para-hydroxylation sites is 1. The van der Waals surface area contributed by atoms with E-state index in [2.05, 4.69) is 5.32 Å². The minimum absolute atomic E-state index is 0.0545. The number of benzene rings is 4. The minimum atomic E-state index is -4.16. The summed E-state index contributed by atoms with van der Waals surface area (Å²) in [7, 11) is -4.16. The Morgan fingerprint density at radius 2 is 1.40 bits per heavy atom. The Hall–Kier alpha value is -4.63. The molecule has 0 radical (unpaired) electrons. The summed E-state index contributed by atoms with van der Waals surface area (Å²) >= 11 is 0. The molecule has 0 aliphatic carbocycles. The van der Waals surface area contributed by atoms with Gasteiger partial charge in [0.25, 0.3) is 10.0 Å². The summed E-state index contributed by atoms with van der Waals surface area (Å²) in [6.45, 7) is 5.58. The van der Waals surface area contributed by atoms with Crippen LogP contribution in [-0.4, -0.2) is 44.3 Å². The van der Waals surface area contributed by atoms with Gasteiger partial charge in [-0.05, 0) is 74.4 Å². The highest BCUT2D eigenvalue weighted by Crippen LogP contribution is 2.28. The maximum Gasteiger partial charge on any atom is 0.264 e. The van der Waals surface area contributed by atoms with Crippen molar-refractivity contribution in [3.05, 3.63) is 120 Å². The zero-order valence-electron chi connectivity index (χ0n) is 24.6. The first-order valence-corrected chi connectivity index (χ1v) is 15.7. The lowest BCUT2D eigenvalue weighted by molar-refractivity contribution is -0.139. The first-order valence-electron chi connectivity index (χ1n) is 14.2. The monoisotopic (exact) mass is 599 g/mol. The van der Waals surface area contributed by atoms with Crippen LogP contribution in [0.25, 0.3) is 0 Å². The lowest BCUT2D eigenvalue weighted by Gasteiger charge is -2.32. The van der Waals surface area contributed by atoms with Gasteiger partial charge in [0.2, 0.25) is 11.8 Å². The molecule has 224 valence electrons. The van der Waals surface area contributed by atoms with E-state index >= 15 is 0 Å². The van der Waals surface area contributed by atoms with E-state index in [1.165, 1.54) is 17.0 Å². The molecule has 0 saturated carbocycles. The lowest BCUT2D eigenvalue weighted by Crippen LogP contribution is -2.51. The molecule has 1 atom stereocenters. The van der Waals surface area contributed by atoms with E-state index in [-0.39, 0.29) is 23.0 Å². The van der Waals surface area contributed by atoms with Crippen LogP contribution in [0.2, 0.25) is 0 Å². The van der Waals surface area contributed by atoms with Gasteiger partial charge in [-0.3, -0.25) is 13.9 Å². The third-order valence-electron chi connectivity index (χ3n) is 6.90. The standard InChI is InChI=1S/C34H37N3O5S/c1-4-23-35-34(39)27(3)36(24-28-11-7-5-8-12-28)33(38)25-37(43(40,41)32-21-15-26(2)16-22-32)29-17-19-31(20-18-29)42-30-13-9-6-10-14-30/h5-22,27H,4,23-25H2,1-3H3,(H,35,39). The zero-order chi connectivity index (χ0) is 30.8. The van der Waals surface area contributed by atoms with Crippen LogP contribution < -0.4 is 14.4 Å². The average Bonchev–Trinajstić information content (AvgIpc) is 3.02. The van der Waals surface area contributed by atoms with Crippen molar-refractivity contribution in [2.24, 2.45) is 0 Å². The van der Waals surface area contributed by atoms with Gasteiger partial charge in [0.15, 0.2) is 0 Å². The molecule has 0 spiro atoms. The Bertz CT molecular complexity index is 1590. The van der Waals surface area contributed by atoms with E-state index < -0.39 is 28.5 Å². The number of hydrogen-bond donors (Lipinski definition) is 1. The van der Waals surface area contributed by atoms with Crippen molar-refractivity contribution in [2.75, 3.05) is 17.4 Å². The van der Waals surface area contributed by atoms with Crippen molar-refractivity contribution >= 4 is 27.5 Å². The van der Waals surface area contributed by atoms with E-state index in [0.717, 1.165) is 21.9 Å². The molecule has 0 bridgehead atoms. The summed E-state index contributed by atoms with van der Waals surface area (Å²) in [5.74, 6) is 0.340. The van der Waals surface area contributed by atoms with Gasteiger partial charge in [0.05, 0.1) is 10.6 Å². The molecule has 0 saturated heterocycles. The fraction of sp³-hybridized carbons (Fsp3) is 0.235. The largest absolute Gasteiger partial charge is 0.457 e. The molecule has 0 aliphatic rings. The van der Waals surface area contributed by atoms with Gasteiger partial charge in [-0.25, -0.2) is 8.42 Å². The van der Waals surface area contributed by atoms with E-state index in [0.29, 0.717) is 18.0 Å². The molecule has 1 unspecified atom stereocenters. The third-order valence-corrected chi connectivity index (χ3v) is 8.69. The van der Waals surface area contributed by atoms with E-state index in [1.807, 2.05) is 74.5 Å². The summed E-state index contributed by atoms with van der Waals surface area (Å²) in [6, 6.07) is 30.7. The molecule has 1 N–H and O–H groups in total. The van der Waals surface area contributed by atoms with Crippen LogP contribution in [0.3, 0.4) is 0 Å². The molecule has 0 aliphatic heterocycles. The Morgan fingerprint density at radius 3 is 2.00 bits per heavy atom. The number of hydrogen-bond acceptors (Lipinski definition) is 5. The molecule has 9 heteroatoms. The van der Waals surface area contributed by atoms with Crippen LogP contribution in [0.15, 0.2) is 114 Å². The number of carbonyl (C=O) groups excluding carboxylic acids is 2. The third kappa shape index (κ3) is 8.23. The molecule has 0 heterocycles. The summed E-state index contributed by atoms with van der Waals surface area (Å²) in [5.41, 5.74) is 2.02. The molecule has 0 fully saturated rings. The number of carbonyl (C=O) groups is 2. The van der Waals surface area contributed by atoms with E-state index in [1.54, 1.807) is 43.3 Å². The Labute approximate surface area is 254 Å². The topological polar surface area (TPSA) is 96.0 Å². The number of ether oxygens (including phenoxy) is 1. The van der Waals surface area contributed by atoms with Crippen molar-refractivity contribution in [3.63, 3.8) is 0 Å². The quantitative estimate of drug-likeness (QED) is 0.206. The second-order valence-electron chi connectivity index (χ2n) is 10.2. The van der Waals surface area contributed by atoms with Gasteiger partial charge in [0.1, 0.15) is 24.1 Å². The molecule has 4 aromatic rings. The Morgan fingerprint density at radius 1 is 0.814 bits per heavy atom. The van der Waals surface area contributed by atoms with Crippen LogP contribution in [0, 0.1) is 6.92 Å². The van der Waals surface area contributed by atoms with Gasteiger partial charge < -0.3 is 15.0 Å². The second-order valence-corrected chi connectivity index (χ2v) is 12.1. The number of nitrogens with zero attached hydrogens (tertiary/aromatic N) is 2.